The van der Waals surface area contributed by atoms with Gasteiger partial charge in [-0.15, -0.1) is 0 Å². The van der Waals surface area contributed by atoms with E-state index in [1.54, 1.807) is 42.6 Å². The van der Waals surface area contributed by atoms with E-state index in [4.69, 9.17) is 5.11 Å². The van der Waals surface area contributed by atoms with Crippen LogP contribution in [0, 0.1) is 0 Å². The number of alkyl halides is 3. The summed E-state index contributed by atoms with van der Waals surface area (Å²) < 4.78 is 39.0. The van der Waals surface area contributed by atoms with Gasteiger partial charge in [0, 0.05) is 23.0 Å². The Morgan fingerprint density at radius 2 is 1.47 bits per heavy atom. The Morgan fingerprint density at radius 3 is 2.06 bits per heavy atom. The first-order valence-corrected chi connectivity index (χ1v) is 11.4. The number of H-pyrrole nitrogens is 1. The molecule has 0 saturated heterocycles. The van der Waals surface area contributed by atoms with Crippen molar-refractivity contribution >= 4 is 11.8 Å². The zero-order valence-corrected chi connectivity index (χ0v) is 19.7. The fourth-order valence-corrected chi connectivity index (χ4v) is 4.34. The Hall–Kier alpha value is -4.13. The summed E-state index contributed by atoms with van der Waals surface area (Å²) in [5, 5.41) is 9.00. The second-order valence-corrected chi connectivity index (χ2v) is 8.86. The SMILES string of the molecule is CC(C)c1c(C(=O)c2ccccc2-c2ccc(C(F)(F)F)cc2)c[nH]c1-c1ccc(CC(=O)O)cc1. The number of carboxylic acids is 1. The van der Waals surface area contributed by atoms with Crippen LogP contribution >= 0.6 is 0 Å². The number of aliphatic carboxylic acids is 1. The zero-order chi connectivity index (χ0) is 26.0. The average Bonchev–Trinajstić information content (AvgIpc) is 3.29. The molecule has 7 heteroatoms. The third-order valence-corrected chi connectivity index (χ3v) is 6.04. The molecule has 0 aliphatic heterocycles. The molecule has 0 bridgehead atoms. The van der Waals surface area contributed by atoms with Crippen LogP contribution in [0.1, 0.15) is 52.4 Å². The third-order valence-electron chi connectivity index (χ3n) is 6.04. The third kappa shape index (κ3) is 5.10. The quantitative estimate of drug-likeness (QED) is 0.266. The highest BCUT2D eigenvalue weighted by molar-refractivity contribution is 6.14. The lowest BCUT2D eigenvalue weighted by atomic mass is 9.89. The van der Waals surface area contributed by atoms with E-state index in [2.05, 4.69) is 4.98 Å². The summed E-state index contributed by atoms with van der Waals surface area (Å²) in [6.45, 7) is 3.95. The molecule has 0 spiro atoms. The van der Waals surface area contributed by atoms with E-state index in [1.807, 2.05) is 26.0 Å². The highest BCUT2D eigenvalue weighted by Crippen LogP contribution is 2.36. The van der Waals surface area contributed by atoms with Crippen molar-refractivity contribution in [3.63, 3.8) is 0 Å². The molecule has 0 radical (unpaired) electrons. The summed E-state index contributed by atoms with van der Waals surface area (Å²) in [5.74, 6) is -1.16. The molecule has 4 aromatic rings. The van der Waals surface area contributed by atoms with E-state index in [0.717, 1.165) is 29.0 Å². The molecular formula is C29H24F3NO3. The molecule has 3 aromatic carbocycles. The minimum atomic E-state index is -4.44. The molecule has 4 rings (SSSR count). The number of hydrogen-bond donors (Lipinski definition) is 2. The molecule has 36 heavy (non-hydrogen) atoms. The van der Waals surface area contributed by atoms with Crippen molar-refractivity contribution in [1.29, 1.82) is 0 Å². The summed E-state index contributed by atoms with van der Waals surface area (Å²) in [6, 6.07) is 18.8. The van der Waals surface area contributed by atoms with Gasteiger partial charge in [0.05, 0.1) is 12.0 Å². The largest absolute Gasteiger partial charge is 0.481 e. The van der Waals surface area contributed by atoms with Gasteiger partial charge in [-0.1, -0.05) is 74.5 Å². The highest BCUT2D eigenvalue weighted by Gasteiger charge is 2.30. The van der Waals surface area contributed by atoms with Crippen LogP contribution in [0.4, 0.5) is 13.2 Å². The summed E-state index contributed by atoms with van der Waals surface area (Å²) in [6.07, 6.45) is -2.86. The summed E-state index contributed by atoms with van der Waals surface area (Å²) in [5.41, 5.74) is 4.26. The number of hydrogen-bond acceptors (Lipinski definition) is 2. The van der Waals surface area contributed by atoms with Crippen LogP contribution in [-0.4, -0.2) is 21.8 Å². The van der Waals surface area contributed by atoms with Crippen LogP contribution in [0.15, 0.2) is 79.0 Å². The molecule has 0 unspecified atom stereocenters. The van der Waals surface area contributed by atoms with Crippen LogP contribution in [-0.2, 0) is 17.4 Å². The van der Waals surface area contributed by atoms with Gasteiger partial charge in [-0.2, -0.15) is 13.2 Å². The van der Waals surface area contributed by atoms with Gasteiger partial charge >= 0.3 is 12.1 Å². The van der Waals surface area contributed by atoms with Crippen LogP contribution in [0.3, 0.4) is 0 Å². The van der Waals surface area contributed by atoms with Gasteiger partial charge in [-0.05, 0) is 45.9 Å². The van der Waals surface area contributed by atoms with Crippen molar-refractivity contribution in [3.05, 3.63) is 107 Å². The lowest BCUT2D eigenvalue weighted by Crippen LogP contribution is -2.07. The van der Waals surface area contributed by atoms with Gasteiger partial charge in [-0.25, -0.2) is 0 Å². The smallest absolute Gasteiger partial charge is 0.416 e. The predicted octanol–water partition coefficient (Wildman–Crippen LogP) is 7.35. The van der Waals surface area contributed by atoms with Crippen molar-refractivity contribution in [2.24, 2.45) is 0 Å². The van der Waals surface area contributed by atoms with Crippen molar-refractivity contribution in [2.45, 2.75) is 32.4 Å². The Labute approximate surface area is 206 Å². The number of aromatic amines is 1. The summed E-state index contributed by atoms with van der Waals surface area (Å²) in [7, 11) is 0. The molecule has 0 amide bonds. The minimum Gasteiger partial charge on any atom is -0.481 e. The van der Waals surface area contributed by atoms with Gasteiger partial charge < -0.3 is 10.1 Å². The van der Waals surface area contributed by atoms with E-state index in [9.17, 15) is 22.8 Å². The number of ketones is 1. The van der Waals surface area contributed by atoms with Crippen molar-refractivity contribution in [2.75, 3.05) is 0 Å². The number of rotatable bonds is 7. The molecule has 4 nitrogen and oxygen atoms in total. The lowest BCUT2D eigenvalue weighted by molar-refractivity contribution is -0.138. The average molecular weight is 492 g/mol. The van der Waals surface area contributed by atoms with E-state index in [0.29, 0.717) is 27.8 Å². The first-order chi connectivity index (χ1) is 17.1. The van der Waals surface area contributed by atoms with Gasteiger partial charge in [0.2, 0.25) is 0 Å². The van der Waals surface area contributed by atoms with Gasteiger partial charge in [0.15, 0.2) is 5.78 Å². The second kappa shape index (κ2) is 9.85. The lowest BCUT2D eigenvalue weighted by Gasteiger charge is -2.14. The number of carbonyl (C=O) groups excluding carboxylic acids is 1. The predicted molar refractivity (Wildman–Crippen MR) is 132 cm³/mol. The highest BCUT2D eigenvalue weighted by atomic mass is 19.4. The topological polar surface area (TPSA) is 70.2 Å². The van der Waals surface area contributed by atoms with Gasteiger partial charge in [-0.3, -0.25) is 9.59 Å². The van der Waals surface area contributed by atoms with Crippen LogP contribution < -0.4 is 0 Å². The standard InChI is InChI=1S/C29H24F3NO3/c1-17(2)26-24(16-33-27(26)20-9-7-18(8-10-20)15-25(34)35)28(36)23-6-4-3-5-22(23)19-11-13-21(14-12-19)29(30,31)32/h3-14,16-17,33H,15H2,1-2H3,(H,34,35). The molecule has 0 aliphatic rings. The normalized spacial score (nSPS) is 11.6. The Balaban J connectivity index is 1.73. The number of carbonyl (C=O) groups is 2. The molecular weight excluding hydrogens is 467 g/mol. The first kappa shape index (κ1) is 25.0. The van der Waals surface area contributed by atoms with Crippen LogP contribution in [0.2, 0.25) is 0 Å². The van der Waals surface area contributed by atoms with Gasteiger partial charge in [0.25, 0.3) is 0 Å². The number of carboxylic acid groups (broad SMARTS) is 1. The fourth-order valence-electron chi connectivity index (χ4n) is 4.34. The molecule has 0 aliphatic carbocycles. The molecule has 0 atom stereocenters. The number of nitrogens with one attached hydrogen (secondary N) is 1. The monoisotopic (exact) mass is 491 g/mol. The van der Waals surface area contributed by atoms with E-state index >= 15 is 0 Å². The van der Waals surface area contributed by atoms with E-state index < -0.39 is 17.7 Å². The van der Waals surface area contributed by atoms with Crippen LogP contribution in [0.5, 0.6) is 0 Å². The van der Waals surface area contributed by atoms with Crippen LogP contribution in [0.25, 0.3) is 22.4 Å². The second-order valence-electron chi connectivity index (χ2n) is 8.86. The molecule has 2 N–H and O–H groups in total. The summed E-state index contributed by atoms with van der Waals surface area (Å²) >= 11 is 0. The Kier molecular flexibility index (Phi) is 6.84. The molecule has 0 fully saturated rings. The molecule has 184 valence electrons. The number of halogens is 3. The molecule has 1 aromatic heterocycles. The van der Waals surface area contributed by atoms with Gasteiger partial charge in [0.1, 0.15) is 0 Å². The molecule has 1 heterocycles. The van der Waals surface area contributed by atoms with Crippen molar-refractivity contribution in [3.8, 4) is 22.4 Å². The maximum absolute atomic E-state index is 13.7. The number of benzene rings is 3. The van der Waals surface area contributed by atoms with E-state index in [1.165, 1.54) is 12.1 Å². The van der Waals surface area contributed by atoms with E-state index in [-0.39, 0.29) is 18.1 Å². The Morgan fingerprint density at radius 1 is 0.861 bits per heavy atom. The Bertz CT molecular complexity index is 1400. The van der Waals surface area contributed by atoms with Crippen molar-refractivity contribution < 1.29 is 27.9 Å². The maximum atomic E-state index is 13.7. The fraction of sp³-hybridized carbons (Fsp3) is 0.172. The number of aromatic nitrogens is 1. The van der Waals surface area contributed by atoms with Crippen molar-refractivity contribution in [1.82, 2.24) is 4.98 Å². The summed E-state index contributed by atoms with van der Waals surface area (Å²) in [4.78, 5) is 27.9. The zero-order valence-electron chi connectivity index (χ0n) is 19.7. The minimum absolute atomic E-state index is 0.0119. The molecule has 0 saturated carbocycles. The maximum Gasteiger partial charge on any atom is 0.416 e. The first-order valence-electron chi connectivity index (χ1n) is 11.4.